The van der Waals surface area contributed by atoms with Crippen molar-refractivity contribution in [3.05, 3.63) is 35.4 Å². The summed E-state index contributed by atoms with van der Waals surface area (Å²) in [6, 6.07) is 6.52. The van der Waals surface area contributed by atoms with E-state index in [4.69, 9.17) is 9.47 Å². The Morgan fingerprint density at radius 1 is 1.22 bits per heavy atom. The Morgan fingerprint density at radius 2 is 1.83 bits per heavy atom. The van der Waals surface area contributed by atoms with Gasteiger partial charge in [0.1, 0.15) is 6.10 Å². The molecular weight excluding hydrogens is 302 g/mol. The molecule has 0 bridgehead atoms. The lowest BCUT2D eigenvalue weighted by molar-refractivity contribution is -0.156. The van der Waals surface area contributed by atoms with E-state index in [0.29, 0.717) is 11.1 Å². The normalized spacial score (nSPS) is 23.0. The minimum Gasteiger partial charge on any atom is -0.465 e. The quantitative estimate of drug-likeness (QED) is 0.463. The third-order valence-electron chi connectivity index (χ3n) is 3.90. The first-order valence-corrected chi connectivity index (χ1v) is 7.35. The summed E-state index contributed by atoms with van der Waals surface area (Å²) >= 11 is 0. The molecule has 1 fully saturated rings. The van der Waals surface area contributed by atoms with Crippen molar-refractivity contribution in [3.8, 4) is 0 Å². The van der Waals surface area contributed by atoms with Gasteiger partial charge in [0, 0.05) is 6.42 Å². The average Bonchev–Trinajstić information content (AvgIpc) is 3.02. The van der Waals surface area contributed by atoms with Crippen molar-refractivity contribution in [1.29, 1.82) is 0 Å². The van der Waals surface area contributed by atoms with Gasteiger partial charge >= 0.3 is 11.9 Å². The lowest BCUT2D eigenvalue weighted by Crippen LogP contribution is -2.36. The molecule has 1 saturated heterocycles. The zero-order chi connectivity index (χ0) is 16.6. The van der Waals surface area contributed by atoms with Gasteiger partial charge in [-0.3, -0.25) is 24.1 Å². The van der Waals surface area contributed by atoms with Gasteiger partial charge in [0.25, 0.3) is 11.8 Å². The van der Waals surface area contributed by atoms with Crippen molar-refractivity contribution in [1.82, 2.24) is 4.90 Å². The third-order valence-corrected chi connectivity index (χ3v) is 3.90. The molecular formula is C16H15NO6. The molecule has 2 aliphatic rings. The number of rotatable bonds is 4. The van der Waals surface area contributed by atoms with Crippen molar-refractivity contribution in [2.24, 2.45) is 5.92 Å². The lowest BCUT2D eigenvalue weighted by atomic mass is 10.1. The van der Waals surface area contributed by atoms with Crippen LogP contribution >= 0.6 is 0 Å². The van der Waals surface area contributed by atoms with Crippen LogP contribution in [0, 0.1) is 5.92 Å². The molecule has 120 valence electrons. The molecule has 0 unspecified atom stereocenters. The van der Waals surface area contributed by atoms with E-state index in [1.54, 1.807) is 31.2 Å². The Morgan fingerprint density at radius 3 is 2.39 bits per heavy atom. The Hall–Kier alpha value is -2.70. The molecule has 0 aromatic heterocycles. The number of carbonyl (C=O) groups excluding carboxylic acids is 4. The SMILES string of the molecule is CCOC(=O)[C@H]1C[C@H](CN2C(=O)c3ccccc3C2=O)OC1=O. The largest absolute Gasteiger partial charge is 0.465 e. The number of benzene rings is 1. The maximum Gasteiger partial charge on any atom is 0.320 e. The number of fused-ring (bicyclic) bond motifs is 1. The number of esters is 2. The van der Waals surface area contributed by atoms with Crippen LogP contribution in [0.3, 0.4) is 0 Å². The van der Waals surface area contributed by atoms with Crippen LogP contribution in [-0.4, -0.2) is 47.9 Å². The van der Waals surface area contributed by atoms with E-state index < -0.39 is 35.8 Å². The highest BCUT2D eigenvalue weighted by Gasteiger charge is 2.44. The van der Waals surface area contributed by atoms with Crippen LogP contribution in [0.5, 0.6) is 0 Å². The van der Waals surface area contributed by atoms with Gasteiger partial charge in [0.05, 0.1) is 24.3 Å². The summed E-state index contributed by atoms with van der Waals surface area (Å²) in [4.78, 5) is 49.0. The van der Waals surface area contributed by atoms with Crippen LogP contribution < -0.4 is 0 Å². The molecule has 0 radical (unpaired) electrons. The molecule has 0 aliphatic carbocycles. The smallest absolute Gasteiger partial charge is 0.320 e. The van der Waals surface area contributed by atoms with Crippen LogP contribution in [0.15, 0.2) is 24.3 Å². The molecule has 7 heteroatoms. The highest BCUT2D eigenvalue weighted by Crippen LogP contribution is 2.27. The van der Waals surface area contributed by atoms with Crippen LogP contribution in [0.2, 0.25) is 0 Å². The standard InChI is InChI=1S/C16H15NO6/c1-2-22-15(20)12-7-9(23-16(12)21)8-17-13(18)10-5-3-4-6-11(10)14(17)19/h3-6,9,12H,2,7-8H2,1H3/t9-,12-/m1/s1. The fourth-order valence-electron chi connectivity index (χ4n) is 2.81. The first-order chi connectivity index (χ1) is 11.0. The van der Waals surface area contributed by atoms with Crippen LogP contribution in [0.1, 0.15) is 34.1 Å². The summed E-state index contributed by atoms with van der Waals surface area (Å²) in [5, 5.41) is 0. The second-order valence-corrected chi connectivity index (χ2v) is 5.37. The summed E-state index contributed by atoms with van der Waals surface area (Å²) in [7, 11) is 0. The summed E-state index contributed by atoms with van der Waals surface area (Å²) in [6.07, 6.45) is -0.593. The maximum absolute atomic E-state index is 12.3. The Kier molecular flexibility index (Phi) is 3.85. The summed E-state index contributed by atoms with van der Waals surface area (Å²) < 4.78 is 9.93. The second-order valence-electron chi connectivity index (χ2n) is 5.37. The number of ether oxygens (including phenoxy) is 2. The van der Waals surface area contributed by atoms with Gasteiger partial charge in [-0.1, -0.05) is 12.1 Å². The van der Waals surface area contributed by atoms with Crippen molar-refractivity contribution < 1.29 is 28.7 Å². The van der Waals surface area contributed by atoms with Gasteiger partial charge in [-0.05, 0) is 19.1 Å². The predicted octanol–water partition coefficient (Wildman–Crippen LogP) is 0.777. The Labute approximate surface area is 132 Å². The number of cyclic esters (lactones) is 1. The van der Waals surface area contributed by atoms with Crippen molar-refractivity contribution in [2.45, 2.75) is 19.4 Å². The zero-order valence-corrected chi connectivity index (χ0v) is 12.5. The van der Waals surface area contributed by atoms with E-state index in [1.807, 2.05) is 0 Å². The molecule has 2 aliphatic heterocycles. The molecule has 2 atom stereocenters. The molecule has 1 aromatic carbocycles. The van der Waals surface area contributed by atoms with Gasteiger partial charge in [-0.25, -0.2) is 0 Å². The van der Waals surface area contributed by atoms with Gasteiger partial charge in [-0.2, -0.15) is 0 Å². The molecule has 2 heterocycles. The van der Waals surface area contributed by atoms with E-state index in [-0.39, 0.29) is 19.6 Å². The second kappa shape index (κ2) is 5.83. The zero-order valence-electron chi connectivity index (χ0n) is 12.5. The average molecular weight is 317 g/mol. The van der Waals surface area contributed by atoms with E-state index in [0.717, 1.165) is 4.90 Å². The molecule has 0 saturated carbocycles. The van der Waals surface area contributed by atoms with E-state index in [2.05, 4.69) is 0 Å². The molecule has 0 spiro atoms. The van der Waals surface area contributed by atoms with Gasteiger partial charge in [0.15, 0.2) is 5.92 Å². The van der Waals surface area contributed by atoms with Gasteiger partial charge in [-0.15, -0.1) is 0 Å². The Balaban J connectivity index is 1.70. The van der Waals surface area contributed by atoms with Gasteiger partial charge in [0.2, 0.25) is 0 Å². The van der Waals surface area contributed by atoms with Crippen LogP contribution in [0.4, 0.5) is 0 Å². The van der Waals surface area contributed by atoms with Crippen molar-refractivity contribution in [2.75, 3.05) is 13.2 Å². The van der Waals surface area contributed by atoms with Gasteiger partial charge < -0.3 is 9.47 Å². The molecule has 7 nitrogen and oxygen atoms in total. The molecule has 3 rings (SSSR count). The number of amides is 2. The number of hydrogen-bond donors (Lipinski definition) is 0. The monoisotopic (exact) mass is 317 g/mol. The number of nitrogens with zero attached hydrogens (tertiary/aromatic N) is 1. The number of imide groups is 1. The van der Waals surface area contributed by atoms with Crippen LogP contribution in [0.25, 0.3) is 0 Å². The summed E-state index contributed by atoms with van der Waals surface area (Å²) in [6.45, 7) is 1.76. The first kappa shape index (κ1) is 15.2. The Bertz CT molecular complexity index is 663. The first-order valence-electron chi connectivity index (χ1n) is 7.35. The molecule has 0 N–H and O–H groups in total. The van der Waals surface area contributed by atoms with Crippen LogP contribution in [-0.2, 0) is 19.1 Å². The topological polar surface area (TPSA) is 90.0 Å². The highest BCUT2D eigenvalue weighted by atomic mass is 16.6. The van der Waals surface area contributed by atoms with Crippen molar-refractivity contribution in [3.63, 3.8) is 0 Å². The van der Waals surface area contributed by atoms with E-state index >= 15 is 0 Å². The molecule has 1 aromatic rings. The lowest BCUT2D eigenvalue weighted by Gasteiger charge is -2.17. The van der Waals surface area contributed by atoms with E-state index in [9.17, 15) is 19.2 Å². The minimum atomic E-state index is -0.991. The molecule has 23 heavy (non-hydrogen) atoms. The predicted molar refractivity (Wildman–Crippen MR) is 76.4 cm³/mol. The number of carbonyl (C=O) groups is 4. The summed E-state index contributed by atoms with van der Waals surface area (Å²) in [5.74, 6) is -3.13. The molecule has 2 amide bonds. The minimum absolute atomic E-state index is 0.0615. The van der Waals surface area contributed by atoms with E-state index in [1.165, 1.54) is 0 Å². The summed E-state index contributed by atoms with van der Waals surface area (Å²) in [5.41, 5.74) is 0.674. The highest BCUT2D eigenvalue weighted by molar-refractivity contribution is 6.21. The maximum atomic E-state index is 12.3. The van der Waals surface area contributed by atoms with Crippen molar-refractivity contribution >= 4 is 23.8 Å². The third kappa shape index (κ3) is 2.58. The fraction of sp³-hybridized carbons (Fsp3) is 0.375. The number of hydrogen-bond acceptors (Lipinski definition) is 6. The fourth-order valence-corrected chi connectivity index (χ4v) is 2.81.